The number of H-pyrrole nitrogens is 1. The zero-order valence-corrected chi connectivity index (χ0v) is 12.1. The van der Waals surface area contributed by atoms with Gasteiger partial charge in [0.1, 0.15) is 0 Å². The maximum Gasteiger partial charge on any atom is 0.417 e. The Morgan fingerprint density at radius 1 is 1.33 bits per heavy atom. The fourth-order valence-corrected chi connectivity index (χ4v) is 3.53. The maximum absolute atomic E-state index is 11.1. The van der Waals surface area contributed by atoms with Gasteiger partial charge in [0.15, 0.2) is 5.58 Å². The van der Waals surface area contributed by atoms with E-state index in [2.05, 4.69) is 20.9 Å². The Labute approximate surface area is 120 Å². The zero-order valence-electron chi connectivity index (χ0n) is 8.94. The van der Waals surface area contributed by atoms with E-state index in [1.807, 2.05) is 30.3 Å². The first-order chi connectivity index (χ1) is 8.63. The van der Waals surface area contributed by atoms with Gasteiger partial charge in [0, 0.05) is 4.88 Å². The molecule has 0 spiro atoms. The summed E-state index contributed by atoms with van der Waals surface area (Å²) in [7, 11) is 0. The number of aromatic nitrogens is 1. The summed E-state index contributed by atoms with van der Waals surface area (Å²) in [6, 6.07) is 9.47. The fourth-order valence-electron chi connectivity index (χ4n) is 1.75. The molecule has 18 heavy (non-hydrogen) atoms. The largest absolute Gasteiger partial charge is 0.417 e. The van der Waals surface area contributed by atoms with Crippen LogP contribution in [0.4, 0.5) is 0 Å². The number of halogens is 2. The summed E-state index contributed by atoms with van der Waals surface area (Å²) in [6.07, 6.45) is 0. The van der Waals surface area contributed by atoms with Gasteiger partial charge in [-0.25, -0.2) is 4.79 Å². The second kappa shape index (κ2) is 4.57. The number of oxazole rings is 1. The Hall–Kier alpha value is -1.04. The molecule has 0 aliphatic heterocycles. The fraction of sp³-hybridized carbons (Fsp3) is 0.0833. The highest BCUT2D eigenvalue weighted by atomic mass is 79.9. The normalized spacial score (nSPS) is 13.0. The van der Waals surface area contributed by atoms with E-state index in [4.69, 9.17) is 16.0 Å². The van der Waals surface area contributed by atoms with E-state index in [1.165, 1.54) is 11.3 Å². The first kappa shape index (κ1) is 12.0. The number of aromatic amines is 1. The van der Waals surface area contributed by atoms with Crippen molar-refractivity contribution in [1.82, 2.24) is 4.98 Å². The van der Waals surface area contributed by atoms with Gasteiger partial charge >= 0.3 is 5.76 Å². The Morgan fingerprint density at radius 2 is 2.17 bits per heavy atom. The van der Waals surface area contributed by atoms with E-state index < -0.39 is 5.76 Å². The predicted molar refractivity (Wildman–Crippen MR) is 76.9 cm³/mol. The van der Waals surface area contributed by atoms with Gasteiger partial charge in [-0.2, -0.15) is 0 Å². The molecule has 0 radical (unpaired) electrons. The molecule has 2 heterocycles. The Kier molecular flexibility index (Phi) is 3.05. The first-order valence-electron chi connectivity index (χ1n) is 5.15. The van der Waals surface area contributed by atoms with Gasteiger partial charge < -0.3 is 4.42 Å². The van der Waals surface area contributed by atoms with Crippen molar-refractivity contribution in [3.63, 3.8) is 0 Å². The van der Waals surface area contributed by atoms with Crippen LogP contribution in [0.15, 0.2) is 39.5 Å². The number of hydrogen-bond acceptors (Lipinski definition) is 3. The van der Waals surface area contributed by atoms with Crippen molar-refractivity contribution in [3.05, 3.63) is 55.7 Å². The molecule has 6 heteroatoms. The lowest BCUT2D eigenvalue weighted by molar-refractivity contribution is 0.555. The molecule has 2 aromatic heterocycles. The lowest BCUT2D eigenvalue weighted by Gasteiger charge is -2.07. The standard InChI is InChI=1S/C12H7BrClNO2S/c13-11(9-3-4-10(14)18-9)6-1-2-7-8(5-6)17-12(16)15-7/h1-5,11H,(H,15,16). The second-order valence-electron chi connectivity index (χ2n) is 3.77. The molecule has 0 bridgehead atoms. The Bertz CT molecular complexity index is 761. The van der Waals surface area contributed by atoms with E-state index in [0.717, 1.165) is 14.8 Å². The van der Waals surface area contributed by atoms with Crippen LogP contribution in [-0.2, 0) is 0 Å². The van der Waals surface area contributed by atoms with Gasteiger partial charge in [-0.05, 0) is 29.8 Å². The molecule has 3 aromatic rings. The third-order valence-corrected chi connectivity index (χ3v) is 5.20. The third-order valence-electron chi connectivity index (χ3n) is 2.58. The molecule has 3 nitrogen and oxygen atoms in total. The van der Waals surface area contributed by atoms with Crippen LogP contribution in [0.3, 0.4) is 0 Å². The molecule has 0 aliphatic carbocycles. The minimum Gasteiger partial charge on any atom is -0.408 e. The highest BCUT2D eigenvalue weighted by molar-refractivity contribution is 9.09. The lowest BCUT2D eigenvalue weighted by atomic mass is 10.1. The smallest absolute Gasteiger partial charge is 0.408 e. The molecule has 3 rings (SSSR count). The van der Waals surface area contributed by atoms with Crippen LogP contribution in [-0.4, -0.2) is 4.98 Å². The van der Waals surface area contributed by atoms with Gasteiger partial charge in [-0.1, -0.05) is 33.6 Å². The number of rotatable bonds is 2. The van der Waals surface area contributed by atoms with Crippen LogP contribution in [0.25, 0.3) is 11.1 Å². The summed E-state index contributed by atoms with van der Waals surface area (Å²) >= 11 is 11.1. The number of alkyl halides is 1. The van der Waals surface area contributed by atoms with Gasteiger partial charge in [-0.3, -0.25) is 4.98 Å². The maximum atomic E-state index is 11.1. The highest BCUT2D eigenvalue weighted by Crippen LogP contribution is 2.37. The van der Waals surface area contributed by atoms with Crippen molar-refractivity contribution in [2.24, 2.45) is 0 Å². The number of nitrogens with one attached hydrogen (secondary N) is 1. The minimum absolute atomic E-state index is 0.0413. The van der Waals surface area contributed by atoms with Gasteiger partial charge in [0.25, 0.3) is 0 Å². The summed E-state index contributed by atoms with van der Waals surface area (Å²) in [6.45, 7) is 0. The Morgan fingerprint density at radius 3 is 2.89 bits per heavy atom. The molecular weight excluding hydrogens is 338 g/mol. The molecule has 1 aromatic carbocycles. The quantitative estimate of drug-likeness (QED) is 0.704. The zero-order chi connectivity index (χ0) is 12.7. The molecule has 0 amide bonds. The van der Waals surface area contributed by atoms with Crippen molar-refractivity contribution in [3.8, 4) is 0 Å². The molecular formula is C12H7BrClNO2S. The van der Waals surface area contributed by atoms with Crippen molar-refractivity contribution in [2.45, 2.75) is 4.83 Å². The van der Waals surface area contributed by atoms with Crippen molar-refractivity contribution >= 4 is 50.0 Å². The average Bonchev–Trinajstić information content (AvgIpc) is 2.92. The number of hydrogen-bond donors (Lipinski definition) is 1. The molecule has 0 saturated carbocycles. The summed E-state index contributed by atoms with van der Waals surface area (Å²) in [5, 5.41) is 0. The Balaban J connectivity index is 2.05. The summed E-state index contributed by atoms with van der Waals surface area (Å²) in [5.74, 6) is -0.438. The number of benzene rings is 1. The van der Waals surface area contributed by atoms with Crippen LogP contribution in [0.2, 0.25) is 4.34 Å². The van der Waals surface area contributed by atoms with E-state index in [0.29, 0.717) is 11.1 Å². The summed E-state index contributed by atoms with van der Waals surface area (Å²) in [4.78, 5) is 14.9. The van der Waals surface area contributed by atoms with Gasteiger partial charge in [-0.15, -0.1) is 11.3 Å². The predicted octanol–water partition coefficient (Wildman–Crippen LogP) is 4.32. The average molecular weight is 345 g/mol. The van der Waals surface area contributed by atoms with Gasteiger partial charge in [0.2, 0.25) is 0 Å². The topological polar surface area (TPSA) is 46.0 Å². The van der Waals surface area contributed by atoms with Crippen LogP contribution in [0, 0.1) is 0 Å². The SMILES string of the molecule is O=c1[nH]c2ccc(C(Br)c3ccc(Cl)s3)cc2o1. The van der Waals surface area contributed by atoms with Crippen LogP contribution >= 0.6 is 38.9 Å². The lowest BCUT2D eigenvalue weighted by Crippen LogP contribution is -1.92. The minimum atomic E-state index is -0.438. The van der Waals surface area contributed by atoms with E-state index >= 15 is 0 Å². The van der Waals surface area contributed by atoms with Crippen molar-refractivity contribution in [1.29, 1.82) is 0 Å². The van der Waals surface area contributed by atoms with E-state index in [-0.39, 0.29) is 4.83 Å². The van der Waals surface area contributed by atoms with Crippen LogP contribution in [0.5, 0.6) is 0 Å². The van der Waals surface area contributed by atoms with E-state index in [9.17, 15) is 4.79 Å². The first-order valence-corrected chi connectivity index (χ1v) is 7.26. The molecule has 0 saturated heterocycles. The molecule has 92 valence electrons. The van der Waals surface area contributed by atoms with E-state index in [1.54, 1.807) is 0 Å². The monoisotopic (exact) mass is 343 g/mol. The summed E-state index contributed by atoms with van der Waals surface area (Å²) in [5.41, 5.74) is 2.28. The summed E-state index contributed by atoms with van der Waals surface area (Å²) < 4.78 is 5.80. The third kappa shape index (κ3) is 2.13. The molecule has 0 aliphatic rings. The number of fused-ring (bicyclic) bond motifs is 1. The molecule has 1 N–H and O–H groups in total. The molecule has 0 fully saturated rings. The van der Waals surface area contributed by atoms with Gasteiger partial charge in [0.05, 0.1) is 14.7 Å². The van der Waals surface area contributed by atoms with Crippen molar-refractivity contribution in [2.75, 3.05) is 0 Å². The molecule has 1 atom stereocenters. The van der Waals surface area contributed by atoms with Crippen LogP contribution in [0.1, 0.15) is 15.3 Å². The highest BCUT2D eigenvalue weighted by Gasteiger charge is 2.14. The number of thiophene rings is 1. The molecule has 1 unspecified atom stereocenters. The van der Waals surface area contributed by atoms with Crippen molar-refractivity contribution < 1.29 is 4.42 Å². The second-order valence-corrected chi connectivity index (χ2v) is 6.44. The van der Waals surface area contributed by atoms with Crippen LogP contribution < -0.4 is 5.76 Å².